The third-order valence-electron chi connectivity index (χ3n) is 4.22. The topological polar surface area (TPSA) is 87.7 Å². The molecule has 6 nitrogen and oxygen atoms in total. The predicted octanol–water partition coefficient (Wildman–Crippen LogP) is 2.28. The molecule has 0 radical (unpaired) electrons. The molecule has 0 aliphatic carbocycles. The number of hydrogen-bond acceptors (Lipinski definition) is 3. The van der Waals surface area contributed by atoms with E-state index in [1.165, 1.54) is 0 Å². The van der Waals surface area contributed by atoms with E-state index in [2.05, 4.69) is 24.5 Å². The van der Waals surface area contributed by atoms with E-state index in [1.807, 2.05) is 0 Å². The fourth-order valence-corrected chi connectivity index (χ4v) is 2.73. The van der Waals surface area contributed by atoms with Gasteiger partial charge in [0.05, 0.1) is 5.60 Å². The highest BCUT2D eigenvalue weighted by Crippen LogP contribution is 2.31. The van der Waals surface area contributed by atoms with Gasteiger partial charge in [0.25, 0.3) is 0 Å². The predicted molar refractivity (Wildman–Crippen MR) is 80.3 cm³/mol. The average molecular weight is 300 g/mol. The highest BCUT2D eigenvalue weighted by molar-refractivity contribution is 5.74. The smallest absolute Gasteiger partial charge is 0.315 e. The van der Waals surface area contributed by atoms with Crippen molar-refractivity contribution in [2.24, 2.45) is 0 Å². The highest BCUT2D eigenvalue weighted by atomic mass is 16.5. The van der Waals surface area contributed by atoms with Crippen LogP contribution >= 0.6 is 0 Å². The molecular weight excluding hydrogens is 272 g/mol. The Bertz CT molecular complexity index is 343. The second kappa shape index (κ2) is 8.87. The zero-order valence-electron chi connectivity index (χ0n) is 13.1. The van der Waals surface area contributed by atoms with Gasteiger partial charge in [-0.05, 0) is 38.5 Å². The first-order valence-corrected chi connectivity index (χ1v) is 7.91. The monoisotopic (exact) mass is 300 g/mol. The molecule has 0 aromatic carbocycles. The van der Waals surface area contributed by atoms with E-state index in [-0.39, 0.29) is 24.1 Å². The maximum absolute atomic E-state index is 11.8. The molecule has 0 aromatic rings. The molecule has 1 fully saturated rings. The average Bonchev–Trinajstić information content (AvgIpc) is 2.46. The lowest BCUT2D eigenvalue weighted by molar-refractivity contribution is -0.137. The third kappa shape index (κ3) is 6.33. The highest BCUT2D eigenvalue weighted by Gasteiger charge is 2.34. The number of hydrogen-bond donors (Lipinski definition) is 3. The lowest BCUT2D eigenvalue weighted by Gasteiger charge is -2.40. The normalized spacial score (nSPS) is 20.8. The Hall–Kier alpha value is -1.30. The molecule has 0 bridgehead atoms. The Balaban J connectivity index is 2.23. The molecule has 0 saturated carbocycles. The van der Waals surface area contributed by atoms with Gasteiger partial charge in [0, 0.05) is 25.6 Å². The van der Waals surface area contributed by atoms with E-state index in [1.54, 1.807) is 0 Å². The number of carboxylic acid groups (broad SMARTS) is 1. The van der Waals surface area contributed by atoms with E-state index in [0.717, 1.165) is 25.7 Å². The first kappa shape index (κ1) is 17.8. The second-order valence-electron chi connectivity index (χ2n) is 5.68. The van der Waals surface area contributed by atoms with Crippen LogP contribution in [0.1, 0.15) is 58.8 Å². The van der Waals surface area contributed by atoms with Crippen LogP contribution in [-0.4, -0.2) is 41.9 Å². The van der Waals surface area contributed by atoms with E-state index in [0.29, 0.717) is 26.0 Å². The number of carbonyl (C=O) groups excluding carboxylic acids is 1. The number of aliphatic carboxylic acids is 1. The summed E-state index contributed by atoms with van der Waals surface area (Å²) in [6.45, 7) is 5.43. The van der Waals surface area contributed by atoms with Gasteiger partial charge in [0.1, 0.15) is 0 Å². The van der Waals surface area contributed by atoms with Gasteiger partial charge in [-0.2, -0.15) is 0 Å². The fraction of sp³-hybridized carbons (Fsp3) is 0.867. The molecule has 2 amide bonds. The molecule has 1 unspecified atom stereocenters. The molecule has 0 spiro atoms. The van der Waals surface area contributed by atoms with Gasteiger partial charge < -0.3 is 20.5 Å². The van der Waals surface area contributed by atoms with Gasteiger partial charge in [0.15, 0.2) is 0 Å². The standard InChI is InChI=1S/C15H28N2O4/c1-3-15(4-2)11-12(8-10-21-15)17-14(20)16-9-6-5-7-13(18)19/h12H,3-11H2,1-2H3,(H,18,19)(H2,16,17,20). The number of rotatable bonds is 8. The molecule has 1 atom stereocenters. The Morgan fingerprint density at radius 2 is 2.00 bits per heavy atom. The minimum atomic E-state index is -0.794. The molecular formula is C15H28N2O4. The molecule has 1 aliphatic rings. The third-order valence-corrected chi connectivity index (χ3v) is 4.22. The Morgan fingerprint density at radius 3 is 2.62 bits per heavy atom. The zero-order chi connectivity index (χ0) is 15.7. The van der Waals surface area contributed by atoms with Gasteiger partial charge in [0.2, 0.25) is 0 Å². The van der Waals surface area contributed by atoms with Crippen LogP contribution in [0, 0.1) is 0 Å². The number of ether oxygens (including phenoxy) is 1. The number of carboxylic acids is 1. The van der Waals surface area contributed by atoms with E-state index in [9.17, 15) is 9.59 Å². The summed E-state index contributed by atoms with van der Waals surface area (Å²) in [7, 11) is 0. The maximum Gasteiger partial charge on any atom is 0.315 e. The largest absolute Gasteiger partial charge is 0.481 e. The van der Waals surface area contributed by atoms with Crippen molar-refractivity contribution in [3.63, 3.8) is 0 Å². The minimum Gasteiger partial charge on any atom is -0.481 e. The number of amides is 2. The molecule has 6 heteroatoms. The lowest BCUT2D eigenvalue weighted by Crippen LogP contribution is -2.50. The molecule has 1 aliphatic heterocycles. The number of urea groups is 1. The summed E-state index contributed by atoms with van der Waals surface area (Å²) in [5, 5.41) is 14.3. The van der Waals surface area contributed by atoms with Gasteiger partial charge >= 0.3 is 12.0 Å². The van der Waals surface area contributed by atoms with E-state index in [4.69, 9.17) is 9.84 Å². The Labute approximate surface area is 126 Å². The van der Waals surface area contributed by atoms with Crippen LogP contribution in [0.4, 0.5) is 4.79 Å². The molecule has 122 valence electrons. The summed E-state index contributed by atoms with van der Waals surface area (Å²) in [5.74, 6) is -0.794. The summed E-state index contributed by atoms with van der Waals surface area (Å²) in [4.78, 5) is 22.2. The van der Waals surface area contributed by atoms with Gasteiger partial charge in [-0.25, -0.2) is 4.79 Å². The van der Waals surface area contributed by atoms with Gasteiger partial charge in [-0.15, -0.1) is 0 Å². The van der Waals surface area contributed by atoms with Crippen molar-refractivity contribution in [3.8, 4) is 0 Å². The molecule has 1 heterocycles. The van der Waals surface area contributed by atoms with Crippen LogP contribution in [0.25, 0.3) is 0 Å². The summed E-state index contributed by atoms with van der Waals surface area (Å²) < 4.78 is 5.88. The van der Waals surface area contributed by atoms with Crippen molar-refractivity contribution in [2.75, 3.05) is 13.2 Å². The van der Waals surface area contributed by atoms with E-state index >= 15 is 0 Å². The summed E-state index contributed by atoms with van der Waals surface area (Å²) in [6, 6.07) is -0.0176. The molecule has 0 aromatic heterocycles. The quantitative estimate of drug-likeness (QED) is 0.600. The fourth-order valence-electron chi connectivity index (χ4n) is 2.73. The van der Waals surface area contributed by atoms with Crippen molar-refractivity contribution in [1.82, 2.24) is 10.6 Å². The summed E-state index contributed by atoms with van der Waals surface area (Å²) >= 11 is 0. The summed E-state index contributed by atoms with van der Waals surface area (Å²) in [6.07, 6.45) is 5.03. The Kier molecular flexibility index (Phi) is 7.50. The molecule has 21 heavy (non-hydrogen) atoms. The first-order valence-electron chi connectivity index (χ1n) is 7.91. The van der Waals surface area contributed by atoms with Crippen molar-refractivity contribution in [2.45, 2.75) is 70.4 Å². The molecule has 1 rings (SSSR count). The number of nitrogens with one attached hydrogen (secondary N) is 2. The van der Waals surface area contributed by atoms with Crippen LogP contribution in [0.2, 0.25) is 0 Å². The van der Waals surface area contributed by atoms with Crippen LogP contribution in [0.5, 0.6) is 0 Å². The molecule has 1 saturated heterocycles. The van der Waals surface area contributed by atoms with Crippen molar-refractivity contribution < 1.29 is 19.4 Å². The number of carbonyl (C=O) groups is 2. The minimum absolute atomic E-state index is 0.0995. The van der Waals surface area contributed by atoms with Crippen LogP contribution < -0.4 is 10.6 Å². The SMILES string of the molecule is CCC1(CC)CC(NC(=O)NCCCCC(=O)O)CCO1. The van der Waals surface area contributed by atoms with Gasteiger partial charge in [-0.1, -0.05) is 13.8 Å². The van der Waals surface area contributed by atoms with E-state index < -0.39 is 5.97 Å². The molecule has 3 N–H and O–H groups in total. The second-order valence-corrected chi connectivity index (χ2v) is 5.68. The van der Waals surface area contributed by atoms with Gasteiger partial charge in [-0.3, -0.25) is 4.79 Å². The van der Waals surface area contributed by atoms with Crippen LogP contribution in [0.3, 0.4) is 0 Å². The van der Waals surface area contributed by atoms with Crippen molar-refractivity contribution in [1.29, 1.82) is 0 Å². The van der Waals surface area contributed by atoms with Crippen LogP contribution in [-0.2, 0) is 9.53 Å². The first-order chi connectivity index (χ1) is 10.0. The summed E-state index contributed by atoms with van der Waals surface area (Å²) in [5.41, 5.74) is -0.0995. The van der Waals surface area contributed by atoms with Crippen molar-refractivity contribution >= 4 is 12.0 Å². The Morgan fingerprint density at radius 1 is 1.29 bits per heavy atom. The number of unbranched alkanes of at least 4 members (excludes halogenated alkanes) is 1. The zero-order valence-corrected chi connectivity index (χ0v) is 13.1. The van der Waals surface area contributed by atoms with Crippen LogP contribution in [0.15, 0.2) is 0 Å². The lowest BCUT2D eigenvalue weighted by atomic mass is 9.86. The van der Waals surface area contributed by atoms with Crippen molar-refractivity contribution in [3.05, 3.63) is 0 Å². The maximum atomic E-state index is 11.8.